The number of rotatable bonds is 4. The largest absolute Gasteiger partial charge is 0.460 e. The van der Waals surface area contributed by atoms with E-state index in [1.165, 1.54) is 0 Å². The Morgan fingerprint density at radius 3 is 2.10 bits per heavy atom. The molecule has 1 N–H and O–H groups in total. The predicted octanol–water partition coefficient (Wildman–Crippen LogP) is 3.81. The summed E-state index contributed by atoms with van der Waals surface area (Å²) in [5.41, 5.74) is -2.83. The van der Waals surface area contributed by atoms with Crippen LogP contribution in [0, 0.1) is 34.0 Å². The Bertz CT molecular complexity index is 889. The van der Waals surface area contributed by atoms with Crippen LogP contribution in [0.4, 0.5) is 0 Å². The highest BCUT2D eigenvalue weighted by molar-refractivity contribution is 6.12. The van der Waals surface area contributed by atoms with Crippen LogP contribution in [-0.2, 0) is 19.1 Å². The van der Waals surface area contributed by atoms with Gasteiger partial charge in [-0.05, 0) is 46.5 Å². The lowest BCUT2D eigenvalue weighted by Gasteiger charge is -2.30. The lowest BCUT2D eigenvalue weighted by atomic mass is 9.68. The Morgan fingerprint density at radius 1 is 1.00 bits per heavy atom. The summed E-state index contributed by atoms with van der Waals surface area (Å²) in [6, 6.07) is 0. The van der Waals surface area contributed by atoms with Gasteiger partial charge in [0.05, 0.1) is 5.41 Å². The lowest BCUT2D eigenvalue weighted by molar-refractivity contribution is -0.166. The van der Waals surface area contributed by atoms with Crippen molar-refractivity contribution < 1.29 is 24.2 Å². The molecular formula is C25H34O5. The first-order valence-electron chi connectivity index (χ1n) is 10.7. The van der Waals surface area contributed by atoms with Crippen LogP contribution in [0.25, 0.3) is 0 Å². The van der Waals surface area contributed by atoms with Crippen LogP contribution in [0.2, 0.25) is 0 Å². The third-order valence-electron chi connectivity index (χ3n) is 8.38. The van der Waals surface area contributed by atoms with Crippen molar-refractivity contribution in [2.45, 2.75) is 67.1 Å². The summed E-state index contributed by atoms with van der Waals surface area (Å²) in [5, 5.41) is 10.5. The number of allylic oxidation sites excluding steroid dienone is 5. The van der Waals surface area contributed by atoms with Crippen LogP contribution in [0.3, 0.4) is 0 Å². The number of ketones is 2. The third kappa shape index (κ3) is 2.67. The Hall–Kier alpha value is -2.01. The van der Waals surface area contributed by atoms with Crippen molar-refractivity contribution >= 4 is 17.5 Å². The smallest absolute Gasteiger partial charge is 0.320 e. The van der Waals surface area contributed by atoms with Crippen LogP contribution in [0.15, 0.2) is 36.0 Å². The summed E-state index contributed by atoms with van der Waals surface area (Å²) < 4.78 is 5.58. The molecular weight excluding hydrogens is 380 g/mol. The topological polar surface area (TPSA) is 80.7 Å². The molecule has 1 heterocycles. The molecule has 3 aliphatic rings. The van der Waals surface area contributed by atoms with Gasteiger partial charge < -0.3 is 9.84 Å². The average molecular weight is 415 g/mol. The number of carbonyl (C=O) groups excluding carboxylic acids is 3. The van der Waals surface area contributed by atoms with Gasteiger partial charge in [-0.1, -0.05) is 56.7 Å². The highest BCUT2D eigenvalue weighted by Crippen LogP contribution is 2.64. The zero-order chi connectivity index (χ0) is 22.9. The minimum absolute atomic E-state index is 0.00678. The van der Waals surface area contributed by atoms with Gasteiger partial charge in [0.2, 0.25) is 0 Å². The molecule has 0 unspecified atom stereocenters. The van der Waals surface area contributed by atoms with Crippen LogP contribution in [0.5, 0.6) is 0 Å². The summed E-state index contributed by atoms with van der Waals surface area (Å²) >= 11 is 0. The summed E-state index contributed by atoms with van der Waals surface area (Å²) in [7, 11) is 0. The SMILES string of the molecule is C/C(=C/C=C/C=C/[C@]1(C)[C@H]2OC(=O)[C@]1(C)C(=O)C2(C)C)[C@@H]1[C@@H](C)C(=O)[C@@](C)(O)[C@H]1C. The van der Waals surface area contributed by atoms with E-state index in [4.69, 9.17) is 4.74 Å². The molecule has 0 aromatic heterocycles. The molecule has 30 heavy (non-hydrogen) atoms. The van der Waals surface area contributed by atoms with Crippen molar-refractivity contribution in [1.29, 1.82) is 0 Å². The number of ether oxygens (including phenoxy) is 1. The molecule has 0 aromatic carbocycles. The van der Waals surface area contributed by atoms with Crippen molar-refractivity contribution in [2.75, 3.05) is 0 Å². The number of hydrogen-bond acceptors (Lipinski definition) is 5. The van der Waals surface area contributed by atoms with Gasteiger partial charge in [-0.25, -0.2) is 0 Å². The first-order chi connectivity index (χ1) is 13.6. The molecule has 3 fully saturated rings. The maximum Gasteiger partial charge on any atom is 0.320 e. The van der Waals surface area contributed by atoms with Gasteiger partial charge in [0.15, 0.2) is 11.6 Å². The van der Waals surface area contributed by atoms with E-state index in [9.17, 15) is 19.5 Å². The Kier molecular flexibility index (Phi) is 5.10. The summed E-state index contributed by atoms with van der Waals surface area (Å²) in [6.45, 7) is 14.7. The van der Waals surface area contributed by atoms with E-state index in [-0.39, 0.29) is 29.3 Å². The van der Waals surface area contributed by atoms with Crippen LogP contribution >= 0.6 is 0 Å². The number of fused-ring (bicyclic) bond motifs is 2. The number of esters is 1. The quantitative estimate of drug-likeness (QED) is 0.430. The third-order valence-corrected chi connectivity index (χ3v) is 8.38. The zero-order valence-electron chi connectivity index (χ0n) is 19.3. The predicted molar refractivity (Wildman–Crippen MR) is 114 cm³/mol. The Morgan fingerprint density at radius 2 is 1.60 bits per heavy atom. The van der Waals surface area contributed by atoms with E-state index in [1.54, 1.807) is 13.8 Å². The standard InChI is InChI=1S/C25H34O5/c1-14(17-15(2)18(26)25(8,29)16(17)3)12-10-9-11-13-23(6)20-22(4,5)19(27)24(23,7)21(28)30-20/h9-13,15-17,20,29H,1-8H3/b10-9+,13-11+,14-12-/t15-,16+,17-,20+,23-,24+,25+/m1/s1. The molecule has 7 atom stereocenters. The highest BCUT2D eigenvalue weighted by Gasteiger charge is 2.77. The maximum absolute atomic E-state index is 12.9. The van der Waals surface area contributed by atoms with Gasteiger partial charge in [-0.2, -0.15) is 0 Å². The molecule has 3 rings (SSSR count). The molecule has 164 valence electrons. The van der Waals surface area contributed by atoms with Gasteiger partial charge >= 0.3 is 5.97 Å². The molecule has 1 aliphatic heterocycles. The van der Waals surface area contributed by atoms with Gasteiger partial charge in [-0.15, -0.1) is 0 Å². The lowest BCUT2D eigenvalue weighted by Crippen LogP contribution is -2.44. The zero-order valence-corrected chi connectivity index (χ0v) is 19.3. The van der Waals surface area contributed by atoms with Crippen molar-refractivity contribution in [3.8, 4) is 0 Å². The van der Waals surface area contributed by atoms with Gasteiger partial charge in [0, 0.05) is 11.3 Å². The average Bonchev–Trinajstić information content (AvgIpc) is 3.00. The molecule has 1 saturated heterocycles. The molecule has 0 amide bonds. The molecule has 0 radical (unpaired) electrons. The second kappa shape index (κ2) is 6.74. The number of carbonyl (C=O) groups is 3. The fourth-order valence-electron chi connectivity index (χ4n) is 6.14. The van der Waals surface area contributed by atoms with Gasteiger partial charge in [-0.3, -0.25) is 14.4 Å². The van der Waals surface area contributed by atoms with E-state index in [1.807, 2.05) is 71.9 Å². The van der Waals surface area contributed by atoms with Gasteiger partial charge in [0.25, 0.3) is 0 Å². The Balaban J connectivity index is 1.79. The number of Topliss-reactive ketones (excluding diaryl/α,β-unsaturated/α-hetero) is 2. The van der Waals surface area contributed by atoms with E-state index < -0.39 is 33.9 Å². The van der Waals surface area contributed by atoms with Crippen molar-refractivity contribution in [3.05, 3.63) is 36.0 Å². The summed E-state index contributed by atoms with van der Waals surface area (Å²) in [5.74, 6) is -0.989. The maximum atomic E-state index is 12.9. The molecule has 2 aliphatic carbocycles. The molecule has 0 spiro atoms. The fraction of sp³-hybridized carbons (Fsp3) is 0.640. The van der Waals surface area contributed by atoms with Crippen LogP contribution < -0.4 is 0 Å². The molecule has 5 heteroatoms. The molecule has 2 bridgehead atoms. The number of aliphatic hydroxyl groups is 1. The second-order valence-electron chi connectivity index (χ2n) is 10.5. The molecule has 2 saturated carbocycles. The van der Waals surface area contributed by atoms with Crippen molar-refractivity contribution in [2.24, 2.45) is 34.0 Å². The van der Waals surface area contributed by atoms with Crippen molar-refractivity contribution in [1.82, 2.24) is 0 Å². The molecule has 5 nitrogen and oxygen atoms in total. The minimum atomic E-state index is -1.29. The monoisotopic (exact) mass is 414 g/mol. The molecule has 0 aromatic rings. The van der Waals surface area contributed by atoms with Crippen LogP contribution in [-0.4, -0.2) is 34.3 Å². The van der Waals surface area contributed by atoms with E-state index in [2.05, 4.69) is 0 Å². The first-order valence-corrected chi connectivity index (χ1v) is 10.7. The first kappa shape index (κ1) is 22.7. The second-order valence-corrected chi connectivity index (χ2v) is 10.5. The highest BCUT2D eigenvalue weighted by atomic mass is 16.6. The van der Waals surface area contributed by atoms with E-state index >= 15 is 0 Å². The fourth-order valence-corrected chi connectivity index (χ4v) is 6.14. The normalized spacial score (nSPS) is 45.9. The summed E-state index contributed by atoms with van der Waals surface area (Å²) in [6.07, 6.45) is 8.99. The van der Waals surface area contributed by atoms with Crippen molar-refractivity contribution in [3.63, 3.8) is 0 Å². The van der Waals surface area contributed by atoms with Crippen LogP contribution in [0.1, 0.15) is 55.4 Å². The summed E-state index contributed by atoms with van der Waals surface area (Å²) in [4.78, 5) is 37.6. The van der Waals surface area contributed by atoms with E-state index in [0.29, 0.717) is 0 Å². The van der Waals surface area contributed by atoms with Gasteiger partial charge in [0.1, 0.15) is 17.1 Å². The van der Waals surface area contributed by atoms with E-state index in [0.717, 1.165) is 5.57 Å². The number of hydrogen-bond donors (Lipinski definition) is 1. The minimum Gasteiger partial charge on any atom is -0.460 e. The Labute approximate surface area is 179 Å².